The molecule has 8 heteroatoms. The van der Waals surface area contributed by atoms with Crippen LogP contribution in [-0.2, 0) is 6.54 Å². The highest BCUT2D eigenvalue weighted by molar-refractivity contribution is 6.23. The van der Waals surface area contributed by atoms with Crippen LogP contribution < -0.4 is 10.2 Å². The van der Waals surface area contributed by atoms with E-state index in [4.69, 9.17) is 4.42 Å². The maximum Gasteiger partial charge on any atom is 0.334 e. The zero-order valence-electron chi connectivity index (χ0n) is 20.5. The van der Waals surface area contributed by atoms with Crippen molar-refractivity contribution >= 4 is 29.7 Å². The monoisotopic (exact) mass is 491 g/mol. The van der Waals surface area contributed by atoms with Gasteiger partial charge in [-0.1, -0.05) is 36.3 Å². The van der Waals surface area contributed by atoms with Crippen molar-refractivity contribution in [1.29, 1.82) is 0 Å². The molecule has 0 radical (unpaired) electrons. The van der Waals surface area contributed by atoms with Crippen LogP contribution in [0.25, 0.3) is 0 Å². The number of amides is 3. The Balaban J connectivity index is 1.49. The third-order valence-electron chi connectivity index (χ3n) is 5.20. The molecule has 4 aromatic rings. The number of rotatable bonds is 7. The molecule has 0 saturated carbocycles. The largest absolute Gasteiger partial charge is 0.467 e. The summed E-state index contributed by atoms with van der Waals surface area (Å²) < 4.78 is 5.33. The molecule has 0 saturated heterocycles. The Morgan fingerprint density at radius 1 is 1.03 bits per heavy atom. The lowest BCUT2D eigenvalue weighted by Gasteiger charge is -2.20. The normalized spacial score (nSPS) is 10.4. The van der Waals surface area contributed by atoms with E-state index in [0.29, 0.717) is 23.4 Å². The van der Waals surface area contributed by atoms with E-state index < -0.39 is 11.9 Å². The van der Waals surface area contributed by atoms with E-state index in [1.807, 2.05) is 31.3 Å². The number of benzene rings is 2. The van der Waals surface area contributed by atoms with Gasteiger partial charge in [-0.3, -0.25) is 9.80 Å². The Morgan fingerprint density at radius 2 is 1.81 bits per heavy atom. The van der Waals surface area contributed by atoms with Crippen LogP contribution in [0.5, 0.6) is 0 Å². The molecular weight excluding hydrogens is 466 g/mol. The zero-order chi connectivity index (χ0) is 26.0. The number of carbonyl (C=O) groups excluding carboxylic acids is 2. The lowest BCUT2D eigenvalue weighted by atomic mass is 10.2. The first kappa shape index (κ1) is 24.9. The number of anilines is 2. The topological polar surface area (TPSA) is 91.0 Å². The molecule has 0 atom stereocenters. The highest BCUT2D eigenvalue weighted by Crippen LogP contribution is 2.18. The van der Waals surface area contributed by atoms with Gasteiger partial charge >= 0.3 is 6.03 Å². The van der Waals surface area contributed by atoms with Gasteiger partial charge < -0.3 is 9.73 Å². The lowest BCUT2D eigenvalue weighted by molar-refractivity contribution is 0.0995. The number of aromatic nitrogens is 1. The third kappa shape index (κ3) is 6.71. The van der Waals surface area contributed by atoms with Gasteiger partial charge in [-0.15, -0.1) is 5.92 Å². The minimum atomic E-state index is -0.629. The van der Waals surface area contributed by atoms with Crippen molar-refractivity contribution in [3.05, 3.63) is 114 Å². The van der Waals surface area contributed by atoms with Gasteiger partial charge in [-0.25, -0.2) is 14.7 Å². The fourth-order valence-corrected chi connectivity index (χ4v) is 3.41. The number of urea groups is 1. The summed E-state index contributed by atoms with van der Waals surface area (Å²) in [5.74, 6) is 6.21. The third-order valence-corrected chi connectivity index (χ3v) is 5.20. The average Bonchev–Trinajstić information content (AvgIpc) is 3.43. The standard InChI is InChI=1S/C29H25N5O3/c1-3-8-22-14-17-27(30-19-22)34(28(35)24-9-5-4-6-10-24)29(36)32-25-15-12-23(13-16-25)20-31-33(2)21-26-11-7-18-37-26/h4-7,9-20H,21H2,1-2H3,(H,32,36). The van der Waals surface area contributed by atoms with E-state index in [9.17, 15) is 9.59 Å². The zero-order valence-corrected chi connectivity index (χ0v) is 20.5. The summed E-state index contributed by atoms with van der Waals surface area (Å²) in [5.41, 5.74) is 2.41. The van der Waals surface area contributed by atoms with Crippen LogP contribution in [0.3, 0.4) is 0 Å². The number of carbonyl (C=O) groups is 2. The molecule has 8 nitrogen and oxygen atoms in total. The van der Waals surface area contributed by atoms with Gasteiger partial charge in [-0.2, -0.15) is 5.10 Å². The number of pyridine rings is 1. The molecule has 0 aliphatic heterocycles. The molecule has 3 amide bonds. The molecule has 2 aromatic carbocycles. The number of furan rings is 1. The Hall–Kier alpha value is -5.16. The first-order valence-corrected chi connectivity index (χ1v) is 11.5. The average molecular weight is 492 g/mol. The Kier molecular flexibility index (Phi) is 8.09. The van der Waals surface area contributed by atoms with Crippen LogP contribution in [0.1, 0.15) is 34.2 Å². The lowest BCUT2D eigenvalue weighted by Crippen LogP contribution is -2.40. The summed E-state index contributed by atoms with van der Waals surface area (Å²) in [5, 5.41) is 8.93. The van der Waals surface area contributed by atoms with Gasteiger partial charge in [0.2, 0.25) is 0 Å². The minimum Gasteiger partial charge on any atom is -0.467 e. The summed E-state index contributed by atoms with van der Waals surface area (Å²) in [7, 11) is 1.85. The van der Waals surface area contributed by atoms with E-state index >= 15 is 0 Å². The summed E-state index contributed by atoms with van der Waals surface area (Å²) in [6.45, 7) is 2.27. The fourth-order valence-electron chi connectivity index (χ4n) is 3.41. The van der Waals surface area contributed by atoms with E-state index in [0.717, 1.165) is 16.2 Å². The second-order valence-electron chi connectivity index (χ2n) is 7.98. The van der Waals surface area contributed by atoms with Crippen molar-refractivity contribution in [2.24, 2.45) is 5.10 Å². The molecule has 0 aliphatic rings. The Morgan fingerprint density at radius 3 is 2.46 bits per heavy atom. The second-order valence-corrected chi connectivity index (χ2v) is 7.98. The molecule has 0 fully saturated rings. The van der Waals surface area contributed by atoms with Gasteiger partial charge in [-0.05, 0) is 61.0 Å². The molecule has 0 spiro atoms. The van der Waals surface area contributed by atoms with Crippen LogP contribution in [-0.4, -0.2) is 35.2 Å². The number of hydrogen-bond donors (Lipinski definition) is 1. The van der Waals surface area contributed by atoms with Crippen molar-refractivity contribution in [2.75, 3.05) is 17.3 Å². The molecule has 2 heterocycles. The quantitative estimate of drug-likeness (QED) is 0.213. The molecule has 184 valence electrons. The molecule has 2 aromatic heterocycles. The van der Waals surface area contributed by atoms with Crippen molar-refractivity contribution in [1.82, 2.24) is 9.99 Å². The van der Waals surface area contributed by atoms with E-state index in [1.165, 1.54) is 6.20 Å². The van der Waals surface area contributed by atoms with Gasteiger partial charge in [0, 0.05) is 30.1 Å². The van der Waals surface area contributed by atoms with Crippen molar-refractivity contribution < 1.29 is 14.0 Å². The van der Waals surface area contributed by atoms with Crippen LogP contribution >= 0.6 is 0 Å². The predicted molar refractivity (Wildman–Crippen MR) is 143 cm³/mol. The van der Waals surface area contributed by atoms with Crippen molar-refractivity contribution in [2.45, 2.75) is 13.5 Å². The number of nitrogens with one attached hydrogen (secondary N) is 1. The minimum absolute atomic E-state index is 0.191. The second kappa shape index (κ2) is 12.0. The maximum absolute atomic E-state index is 13.3. The molecular formula is C29H25N5O3. The number of hydrogen-bond acceptors (Lipinski definition) is 6. The summed E-state index contributed by atoms with van der Waals surface area (Å²) >= 11 is 0. The molecule has 0 unspecified atom stereocenters. The number of imide groups is 1. The Labute approximate surface area is 215 Å². The highest BCUT2D eigenvalue weighted by Gasteiger charge is 2.26. The van der Waals surface area contributed by atoms with Crippen LogP contribution in [0.15, 0.2) is 101 Å². The van der Waals surface area contributed by atoms with E-state index in [1.54, 1.807) is 79.0 Å². The van der Waals surface area contributed by atoms with Gasteiger partial charge in [0.05, 0.1) is 19.0 Å². The van der Waals surface area contributed by atoms with Gasteiger partial charge in [0.1, 0.15) is 11.6 Å². The number of nitrogens with zero attached hydrogens (tertiary/aromatic N) is 4. The summed E-state index contributed by atoms with van der Waals surface area (Å²) in [6, 6.07) is 22.1. The molecule has 4 rings (SSSR count). The van der Waals surface area contributed by atoms with Crippen molar-refractivity contribution in [3.63, 3.8) is 0 Å². The predicted octanol–water partition coefficient (Wildman–Crippen LogP) is 5.39. The van der Waals surface area contributed by atoms with Crippen LogP contribution in [0.4, 0.5) is 16.3 Å². The van der Waals surface area contributed by atoms with Crippen molar-refractivity contribution in [3.8, 4) is 11.8 Å². The first-order chi connectivity index (χ1) is 18.0. The van der Waals surface area contributed by atoms with Crippen LogP contribution in [0.2, 0.25) is 0 Å². The number of hydrazone groups is 1. The smallest absolute Gasteiger partial charge is 0.334 e. The van der Waals surface area contributed by atoms with E-state index in [2.05, 4.69) is 27.2 Å². The van der Waals surface area contributed by atoms with Gasteiger partial charge in [0.15, 0.2) is 0 Å². The molecule has 0 aliphatic carbocycles. The fraction of sp³-hybridized carbons (Fsp3) is 0.103. The summed E-state index contributed by atoms with van der Waals surface area (Å²) in [4.78, 5) is 31.9. The highest BCUT2D eigenvalue weighted by atomic mass is 16.3. The molecule has 37 heavy (non-hydrogen) atoms. The summed E-state index contributed by atoms with van der Waals surface area (Å²) in [6.07, 6.45) is 4.87. The first-order valence-electron chi connectivity index (χ1n) is 11.5. The molecule has 0 bridgehead atoms. The van der Waals surface area contributed by atoms with Crippen LogP contribution in [0, 0.1) is 11.8 Å². The Bertz CT molecular complexity index is 1420. The van der Waals surface area contributed by atoms with E-state index in [-0.39, 0.29) is 5.82 Å². The SMILES string of the molecule is CC#Cc1ccc(N(C(=O)Nc2ccc(C=NN(C)Cc3ccco3)cc2)C(=O)c2ccccc2)nc1. The maximum atomic E-state index is 13.3. The molecule has 1 N–H and O–H groups in total. The van der Waals surface area contributed by atoms with Gasteiger partial charge in [0.25, 0.3) is 5.91 Å².